The van der Waals surface area contributed by atoms with E-state index in [0.717, 1.165) is 6.61 Å². The van der Waals surface area contributed by atoms with Gasteiger partial charge in [-0.25, -0.2) is 0 Å². The summed E-state index contributed by atoms with van der Waals surface area (Å²) < 4.78 is 5.26. The van der Waals surface area contributed by atoms with Crippen LogP contribution in [0.25, 0.3) is 0 Å². The van der Waals surface area contributed by atoms with Crippen molar-refractivity contribution < 1.29 is 4.74 Å². The minimum absolute atomic E-state index is 0.505. The average Bonchev–Trinajstić information content (AvgIpc) is 2.01. The van der Waals surface area contributed by atoms with E-state index >= 15 is 0 Å². The fourth-order valence-corrected chi connectivity index (χ4v) is 1.39. The Hall–Kier alpha value is 0.730. The van der Waals surface area contributed by atoms with Gasteiger partial charge in [0.25, 0.3) is 0 Å². The number of hydrogen-bond acceptors (Lipinski definition) is 1. The van der Waals surface area contributed by atoms with Crippen LogP contribution in [0, 0.1) is 0 Å². The zero-order valence-corrected chi connectivity index (χ0v) is 9.33. The highest BCUT2D eigenvalue weighted by molar-refractivity contribution is 9.09. The molecule has 0 aliphatic heterocycles. The molecule has 0 heterocycles. The van der Waals surface area contributed by atoms with Gasteiger partial charge in [-0.15, -0.1) is 11.6 Å². The van der Waals surface area contributed by atoms with Crippen molar-refractivity contribution in [1.82, 2.24) is 0 Å². The maximum atomic E-state index is 5.45. The van der Waals surface area contributed by atoms with E-state index in [2.05, 4.69) is 22.9 Å². The number of unbranched alkanes of at least 4 members (excludes halogenated alkanes) is 1. The molecule has 0 rings (SSSR count). The van der Waals surface area contributed by atoms with Crippen LogP contribution in [0.1, 0.15) is 26.2 Å². The third-order valence-electron chi connectivity index (χ3n) is 1.39. The predicted molar refractivity (Wildman–Crippen MR) is 53.8 cm³/mol. The van der Waals surface area contributed by atoms with E-state index in [1.54, 1.807) is 0 Å². The highest BCUT2D eigenvalue weighted by Crippen LogP contribution is 2.09. The van der Waals surface area contributed by atoms with Gasteiger partial charge in [0.05, 0.1) is 13.2 Å². The molecule has 0 fully saturated rings. The number of alkyl halides is 2. The maximum Gasteiger partial charge on any atom is 0.0602 e. The summed E-state index contributed by atoms with van der Waals surface area (Å²) in [7, 11) is 0. The maximum absolute atomic E-state index is 5.45. The van der Waals surface area contributed by atoms with Crippen molar-refractivity contribution in [3.63, 3.8) is 0 Å². The first-order valence-corrected chi connectivity index (χ1v) is 5.54. The Bertz CT molecular complexity index is 80.5. The van der Waals surface area contributed by atoms with Crippen LogP contribution in [-0.2, 0) is 4.74 Å². The molecule has 11 heavy (non-hydrogen) atoms. The van der Waals surface area contributed by atoms with E-state index in [4.69, 9.17) is 16.3 Å². The average molecular weight is 244 g/mol. The number of hydrogen-bond donors (Lipinski definition) is 0. The monoisotopic (exact) mass is 242 g/mol. The molecule has 0 aliphatic carbocycles. The van der Waals surface area contributed by atoms with Gasteiger partial charge in [-0.2, -0.15) is 0 Å². The van der Waals surface area contributed by atoms with Crippen molar-refractivity contribution in [2.45, 2.75) is 31.0 Å². The normalized spacial score (nSPS) is 13.4. The minimum atomic E-state index is 0.505. The smallest absolute Gasteiger partial charge is 0.0602 e. The molecule has 0 aromatic heterocycles. The van der Waals surface area contributed by atoms with E-state index in [0.29, 0.717) is 17.3 Å². The van der Waals surface area contributed by atoms with E-state index in [9.17, 15) is 0 Å². The number of rotatable bonds is 7. The Morgan fingerprint density at radius 2 is 2.27 bits per heavy atom. The van der Waals surface area contributed by atoms with Crippen molar-refractivity contribution in [3.8, 4) is 0 Å². The highest BCUT2D eigenvalue weighted by Gasteiger charge is 2.01. The number of ether oxygens (including phenoxy) is 1. The van der Waals surface area contributed by atoms with Crippen molar-refractivity contribution >= 4 is 27.5 Å². The molecular formula is C8H16BrClO. The molecule has 0 aromatic rings. The van der Waals surface area contributed by atoms with E-state index in [1.165, 1.54) is 19.3 Å². The Morgan fingerprint density at radius 3 is 2.82 bits per heavy atom. The summed E-state index contributed by atoms with van der Waals surface area (Å²) >= 11 is 8.99. The zero-order valence-electron chi connectivity index (χ0n) is 6.98. The summed E-state index contributed by atoms with van der Waals surface area (Å²) in [5.41, 5.74) is 0. The van der Waals surface area contributed by atoms with Gasteiger partial charge < -0.3 is 4.74 Å². The minimum Gasteiger partial charge on any atom is -0.379 e. The zero-order chi connectivity index (χ0) is 8.53. The van der Waals surface area contributed by atoms with Gasteiger partial charge in [0.1, 0.15) is 0 Å². The molecular weight excluding hydrogens is 227 g/mol. The lowest BCUT2D eigenvalue weighted by Crippen LogP contribution is -2.09. The predicted octanol–water partition coefficient (Wildman–Crippen LogP) is 3.20. The van der Waals surface area contributed by atoms with Crippen LogP contribution in [0.4, 0.5) is 0 Å². The van der Waals surface area contributed by atoms with Crippen molar-refractivity contribution in [3.05, 3.63) is 0 Å². The van der Waals surface area contributed by atoms with Crippen LogP contribution < -0.4 is 0 Å². The Labute approximate surface area is 82.6 Å². The van der Waals surface area contributed by atoms with Gasteiger partial charge in [-0.05, 0) is 6.42 Å². The molecule has 1 atom stereocenters. The molecule has 1 nitrogen and oxygen atoms in total. The van der Waals surface area contributed by atoms with Crippen LogP contribution in [0.2, 0.25) is 0 Å². The summed E-state index contributed by atoms with van der Waals surface area (Å²) in [4.78, 5) is 0.505. The van der Waals surface area contributed by atoms with Crippen LogP contribution in [-0.4, -0.2) is 23.9 Å². The first kappa shape index (κ1) is 11.7. The quantitative estimate of drug-likeness (QED) is 0.493. The molecule has 68 valence electrons. The Morgan fingerprint density at radius 1 is 1.55 bits per heavy atom. The third-order valence-corrected chi connectivity index (χ3v) is 2.27. The van der Waals surface area contributed by atoms with E-state index in [1.807, 2.05) is 0 Å². The Kier molecular flexibility index (Phi) is 9.41. The summed E-state index contributed by atoms with van der Waals surface area (Å²) in [6, 6.07) is 0. The Balaban J connectivity index is 3.02. The van der Waals surface area contributed by atoms with Crippen molar-refractivity contribution in [1.29, 1.82) is 0 Å². The van der Waals surface area contributed by atoms with Gasteiger partial charge >= 0.3 is 0 Å². The van der Waals surface area contributed by atoms with Gasteiger partial charge in [-0.3, -0.25) is 0 Å². The van der Waals surface area contributed by atoms with Crippen molar-refractivity contribution in [2.24, 2.45) is 0 Å². The molecule has 0 aliphatic rings. The molecule has 1 unspecified atom stereocenters. The molecule has 0 saturated carbocycles. The second-order valence-electron chi connectivity index (χ2n) is 2.50. The summed E-state index contributed by atoms with van der Waals surface area (Å²) in [6.45, 7) is 3.64. The van der Waals surface area contributed by atoms with Crippen LogP contribution >= 0.6 is 27.5 Å². The van der Waals surface area contributed by atoms with Gasteiger partial charge in [0, 0.05) is 10.7 Å². The molecule has 0 radical (unpaired) electrons. The van der Waals surface area contributed by atoms with Gasteiger partial charge in [0.15, 0.2) is 0 Å². The van der Waals surface area contributed by atoms with Crippen LogP contribution in [0.15, 0.2) is 0 Å². The number of halogens is 2. The summed E-state index contributed by atoms with van der Waals surface area (Å²) in [6.07, 6.45) is 3.70. The molecule has 0 N–H and O–H groups in total. The molecule has 0 aromatic carbocycles. The van der Waals surface area contributed by atoms with Crippen LogP contribution in [0.5, 0.6) is 0 Å². The lowest BCUT2D eigenvalue weighted by atomic mass is 10.2. The standard InChI is InChI=1S/C8H16BrClO/c1-2-3-4-8(9)7-11-6-5-10/h8H,2-7H2,1H3. The van der Waals surface area contributed by atoms with E-state index in [-0.39, 0.29) is 0 Å². The van der Waals surface area contributed by atoms with Crippen LogP contribution in [0.3, 0.4) is 0 Å². The summed E-state index contributed by atoms with van der Waals surface area (Å²) in [5.74, 6) is 0.591. The van der Waals surface area contributed by atoms with Gasteiger partial charge in [-0.1, -0.05) is 35.7 Å². The molecule has 0 amide bonds. The second-order valence-corrected chi connectivity index (χ2v) is 4.18. The third kappa shape index (κ3) is 8.64. The SMILES string of the molecule is CCCCC(Br)COCCCl. The topological polar surface area (TPSA) is 9.23 Å². The lowest BCUT2D eigenvalue weighted by Gasteiger charge is -2.08. The fourth-order valence-electron chi connectivity index (χ4n) is 0.775. The first-order valence-electron chi connectivity index (χ1n) is 4.09. The largest absolute Gasteiger partial charge is 0.379 e. The van der Waals surface area contributed by atoms with Crippen molar-refractivity contribution in [2.75, 3.05) is 19.1 Å². The lowest BCUT2D eigenvalue weighted by molar-refractivity contribution is 0.149. The highest BCUT2D eigenvalue weighted by atomic mass is 79.9. The molecule has 0 saturated heterocycles. The second kappa shape index (κ2) is 8.82. The molecule has 3 heteroatoms. The van der Waals surface area contributed by atoms with Gasteiger partial charge in [0.2, 0.25) is 0 Å². The summed E-state index contributed by atoms with van der Waals surface area (Å²) in [5, 5.41) is 0. The molecule has 0 bridgehead atoms. The van der Waals surface area contributed by atoms with E-state index < -0.39 is 0 Å². The first-order chi connectivity index (χ1) is 5.31. The fraction of sp³-hybridized carbons (Fsp3) is 1.00. The molecule has 0 spiro atoms.